The molecule has 0 amide bonds. The third-order valence-corrected chi connectivity index (χ3v) is 1.92. The van der Waals surface area contributed by atoms with Gasteiger partial charge < -0.3 is 10.8 Å². The van der Waals surface area contributed by atoms with Crippen LogP contribution >= 0.6 is 0 Å². The molecule has 0 fully saturated rings. The molecule has 16 heavy (non-hydrogen) atoms. The number of carboxylic acid groups (broad SMARTS) is 1. The van der Waals surface area contributed by atoms with Gasteiger partial charge in [-0.3, -0.25) is 4.79 Å². The second kappa shape index (κ2) is 4.09. The van der Waals surface area contributed by atoms with E-state index in [0.29, 0.717) is 0 Å². The molecule has 0 aliphatic rings. The number of benzene rings is 1. The largest absolute Gasteiger partial charge is 0.480 e. The van der Waals surface area contributed by atoms with E-state index < -0.39 is 35.1 Å². The standard InChI is InChI=1S/C9H7F4NO2/c10-4-1-2-5(7(14)8(15)16)6(3-4)9(11,12)13/h1-3,7H,14H2,(H,15,16). The van der Waals surface area contributed by atoms with Gasteiger partial charge in [-0.05, 0) is 17.7 Å². The fraction of sp³-hybridized carbons (Fsp3) is 0.222. The van der Waals surface area contributed by atoms with Gasteiger partial charge in [0, 0.05) is 0 Å². The van der Waals surface area contributed by atoms with Gasteiger partial charge in [0.1, 0.15) is 11.9 Å². The normalized spacial score (nSPS) is 13.6. The summed E-state index contributed by atoms with van der Waals surface area (Å²) in [5.41, 5.74) is 3.03. The topological polar surface area (TPSA) is 63.3 Å². The molecule has 0 saturated heterocycles. The lowest BCUT2D eigenvalue weighted by molar-refractivity contribution is -0.141. The Morgan fingerprint density at radius 1 is 1.38 bits per heavy atom. The summed E-state index contributed by atoms with van der Waals surface area (Å²) in [4.78, 5) is 10.5. The summed E-state index contributed by atoms with van der Waals surface area (Å²) < 4.78 is 50.0. The number of hydrogen-bond donors (Lipinski definition) is 2. The average Bonchev–Trinajstić information content (AvgIpc) is 2.15. The Kier molecular flexibility index (Phi) is 3.18. The van der Waals surface area contributed by atoms with Crippen molar-refractivity contribution >= 4 is 5.97 Å². The number of carbonyl (C=O) groups is 1. The summed E-state index contributed by atoms with van der Waals surface area (Å²) >= 11 is 0. The number of aliphatic carboxylic acids is 1. The fourth-order valence-electron chi connectivity index (χ4n) is 1.18. The van der Waals surface area contributed by atoms with Crippen LogP contribution in [0, 0.1) is 5.82 Å². The number of halogens is 4. The maximum Gasteiger partial charge on any atom is 0.416 e. The van der Waals surface area contributed by atoms with Gasteiger partial charge in [-0.1, -0.05) is 6.07 Å². The molecule has 88 valence electrons. The van der Waals surface area contributed by atoms with Gasteiger partial charge in [0.25, 0.3) is 0 Å². The number of hydrogen-bond acceptors (Lipinski definition) is 2. The summed E-state index contributed by atoms with van der Waals surface area (Å²) in [5.74, 6) is -2.72. The van der Waals surface area contributed by atoms with Crippen molar-refractivity contribution in [3.63, 3.8) is 0 Å². The Hall–Kier alpha value is -1.63. The van der Waals surface area contributed by atoms with Gasteiger partial charge in [0.2, 0.25) is 0 Å². The lowest BCUT2D eigenvalue weighted by atomic mass is 10.0. The van der Waals surface area contributed by atoms with Crippen LogP contribution in [0.3, 0.4) is 0 Å². The summed E-state index contributed by atoms with van der Waals surface area (Å²) in [6, 6.07) is -0.167. The van der Waals surface area contributed by atoms with Crippen LogP contribution in [0.2, 0.25) is 0 Å². The number of alkyl halides is 3. The predicted molar refractivity (Wildman–Crippen MR) is 46.0 cm³/mol. The second-order valence-electron chi connectivity index (χ2n) is 3.05. The van der Waals surface area contributed by atoms with Crippen LogP contribution in [0.15, 0.2) is 18.2 Å². The Morgan fingerprint density at radius 3 is 2.38 bits per heavy atom. The van der Waals surface area contributed by atoms with E-state index in [2.05, 4.69) is 0 Å². The molecule has 0 heterocycles. The first-order valence-electron chi connectivity index (χ1n) is 4.08. The zero-order chi connectivity index (χ0) is 12.5. The van der Waals surface area contributed by atoms with E-state index in [1.165, 1.54) is 0 Å². The third kappa shape index (κ3) is 2.48. The molecule has 1 aromatic carbocycles. The zero-order valence-electron chi connectivity index (χ0n) is 7.75. The van der Waals surface area contributed by atoms with Gasteiger partial charge in [0.05, 0.1) is 5.56 Å². The molecule has 3 nitrogen and oxygen atoms in total. The molecule has 7 heteroatoms. The number of rotatable bonds is 2. The molecular weight excluding hydrogens is 230 g/mol. The quantitative estimate of drug-likeness (QED) is 0.772. The first kappa shape index (κ1) is 12.4. The van der Waals surface area contributed by atoms with Crippen molar-refractivity contribution in [3.05, 3.63) is 35.1 Å². The average molecular weight is 237 g/mol. The van der Waals surface area contributed by atoms with E-state index in [9.17, 15) is 22.4 Å². The maximum atomic E-state index is 12.7. The van der Waals surface area contributed by atoms with Crippen molar-refractivity contribution in [2.24, 2.45) is 5.73 Å². The highest BCUT2D eigenvalue weighted by Crippen LogP contribution is 2.34. The van der Waals surface area contributed by atoms with E-state index in [0.717, 1.165) is 12.1 Å². The molecule has 1 rings (SSSR count). The van der Waals surface area contributed by atoms with E-state index in [-0.39, 0.29) is 6.07 Å². The van der Waals surface area contributed by atoms with E-state index in [4.69, 9.17) is 10.8 Å². The lowest BCUT2D eigenvalue weighted by Crippen LogP contribution is -2.24. The molecule has 3 N–H and O–H groups in total. The fourth-order valence-corrected chi connectivity index (χ4v) is 1.18. The highest BCUT2D eigenvalue weighted by Gasteiger charge is 2.36. The van der Waals surface area contributed by atoms with E-state index in [1.807, 2.05) is 0 Å². The van der Waals surface area contributed by atoms with Gasteiger partial charge in [0.15, 0.2) is 0 Å². The van der Waals surface area contributed by atoms with Gasteiger partial charge in [-0.25, -0.2) is 4.39 Å². The Labute approximate surface area is 87.5 Å². The molecule has 0 aromatic heterocycles. The van der Waals surface area contributed by atoms with Crippen molar-refractivity contribution in [1.82, 2.24) is 0 Å². The van der Waals surface area contributed by atoms with E-state index in [1.54, 1.807) is 0 Å². The summed E-state index contributed by atoms with van der Waals surface area (Å²) in [7, 11) is 0. The van der Waals surface area contributed by atoms with Crippen LogP contribution in [0.4, 0.5) is 17.6 Å². The highest BCUT2D eigenvalue weighted by molar-refractivity contribution is 5.75. The minimum atomic E-state index is -4.84. The third-order valence-electron chi connectivity index (χ3n) is 1.92. The van der Waals surface area contributed by atoms with Crippen molar-refractivity contribution in [3.8, 4) is 0 Å². The monoisotopic (exact) mass is 237 g/mol. The van der Waals surface area contributed by atoms with E-state index >= 15 is 0 Å². The van der Waals surface area contributed by atoms with Crippen LogP contribution < -0.4 is 5.73 Å². The molecule has 1 aromatic rings. The van der Waals surface area contributed by atoms with Crippen LogP contribution in [0.25, 0.3) is 0 Å². The summed E-state index contributed by atoms with van der Waals surface area (Å²) in [5, 5.41) is 8.51. The predicted octanol–water partition coefficient (Wildman–Crippen LogP) is 1.93. The van der Waals surface area contributed by atoms with Crippen molar-refractivity contribution in [1.29, 1.82) is 0 Å². The van der Waals surface area contributed by atoms with Crippen molar-refractivity contribution < 1.29 is 27.5 Å². The first-order chi connectivity index (χ1) is 7.23. The van der Waals surface area contributed by atoms with Crippen LogP contribution in [0.1, 0.15) is 17.2 Å². The van der Waals surface area contributed by atoms with Crippen LogP contribution in [0.5, 0.6) is 0 Å². The zero-order valence-corrected chi connectivity index (χ0v) is 7.75. The number of carboxylic acids is 1. The SMILES string of the molecule is NC(C(=O)O)c1ccc(F)cc1C(F)(F)F. The molecule has 0 radical (unpaired) electrons. The smallest absolute Gasteiger partial charge is 0.416 e. The van der Waals surface area contributed by atoms with Gasteiger partial charge in [-0.2, -0.15) is 13.2 Å². The van der Waals surface area contributed by atoms with Crippen LogP contribution in [-0.4, -0.2) is 11.1 Å². The first-order valence-corrected chi connectivity index (χ1v) is 4.08. The molecule has 1 unspecified atom stereocenters. The molecule has 0 spiro atoms. The van der Waals surface area contributed by atoms with Crippen molar-refractivity contribution in [2.75, 3.05) is 0 Å². The number of nitrogens with two attached hydrogens (primary N) is 1. The Bertz CT molecular complexity index is 416. The summed E-state index contributed by atoms with van der Waals surface area (Å²) in [6.07, 6.45) is -4.84. The molecule has 0 aliphatic carbocycles. The Morgan fingerprint density at radius 2 is 1.94 bits per heavy atom. The minimum Gasteiger partial charge on any atom is -0.480 e. The van der Waals surface area contributed by atoms with Gasteiger partial charge in [-0.15, -0.1) is 0 Å². The molecule has 0 saturated carbocycles. The van der Waals surface area contributed by atoms with Gasteiger partial charge >= 0.3 is 12.1 Å². The lowest BCUT2D eigenvalue weighted by Gasteiger charge is -2.15. The molecule has 0 aliphatic heterocycles. The molecule has 0 bridgehead atoms. The minimum absolute atomic E-state index is 0.220. The Balaban J connectivity index is 3.34. The van der Waals surface area contributed by atoms with Crippen molar-refractivity contribution in [2.45, 2.75) is 12.2 Å². The highest BCUT2D eigenvalue weighted by atomic mass is 19.4. The van der Waals surface area contributed by atoms with Crippen LogP contribution in [-0.2, 0) is 11.0 Å². The maximum absolute atomic E-state index is 12.7. The molecular formula is C9H7F4NO2. The molecule has 1 atom stereocenters. The summed E-state index contributed by atoms with van der Waals surface area (Å²) in [6.45, 7) is 0. The second-order valence-corrected chi connectivity index (χ2v) is 3.05.